The Bertz CT molecular complexity index is 576. The summed E-state index contributed by atoms with van der Waals surface area (Å²) in [5, 5.41) is 14.3. The molecule has 2 aromatic rings. The molecule has 2 N–H and O–H groups in total. The zero-order valence-electron chi connectivity index (χ0n) is 9.55. The smallest absolute Gasteiger partial charge is 0.122 e. The highest BCUT2D eigenvalue weighted by atomic mass is 79.9. The van der Waals surface area contributed by atoms with Crippen LogP contribution in [0.2, 0.25) is 15.1 Å². The maximum atomic E-state index is 9.75. The molecule has 0 aliphatic heterocycles. The number of benzene rings is 2. The van der Waals surface area contributed by atoms with E-state index in [1.807, 2.05) is 0 Å². The molecule has 2 nitrogen and oxygen atoms in total. The normalized spacial score (nSPS) is 10.5. The lowest BCUT2D eigenvalue weighted by Gasteiger charge is -2.13. The molecule has 100 valence electrons. The molecule has 0 saturated carbocycles. The van der Waals surface area contributed by atoms with Crippen LogP contribution in [0.3, 0.4) is 0 Å². The van der Waals surface area contributed by atoms with Crippen molar-refractivity contribution in [2.75, 3.05) is 5.32 Å². The van der Waals surface area contributed by atoms with E-state index >= 15 is 0 Å². The second-order valence-corrected chi connectivity index (χ2v) is 5.97. The van der Waals surface area contributed by atoms with Crippen molar-refractivity contribution in [3.8, 4) is 5.75 Å². The van der Waals surface area contributed by atoms with E-state index in [9.17, 15) is 5.11 Å². The minimum absolute atomic E-state index is 0.129. The lowest BCUT2D eigenvalue weighted by molar-refractivity contribution is 0.469. The number of phenols is 1. The molecular weight excluding hydrogens is 372 g/mol. The van der Waals surface area contributed by atoms with Gasteiger partial charge in [0.25, 0.3) is 0 Å². The highest BCUT2D eigenvalue weighted by molar-refractivity contribution is 9.10. The molecule has 0 aromatic heterocycles. The van der Waals surface area contributed by atoms with E-state index in [1.165, 1.54) is 0 Å². The minimum Gasteiger partial charge on any atom is -0.508 e. The molecule has 6 heteroatoms. The van der Waals surface area contributed by atoms with Crippen molar-refractivity contribution in [3.63, 3.8) is 0 Å². The summed E-state index contributed by atoms with van der Waals surface area (Å²) in [4.78, 5) is 0. The zero-order valence-corrected chi connectivity index (χ0v) is 13.4. The summed E-state index contributed by atoms with van der Waals surface area (Å²) in [6.45, 7) is 0.326. The third-order valence-corrected chi connectivity index (χ3v) is 3.95. The van der Waals surface area contributed by atoms with Gasteiger partial charge in [-0.2, -0.15) is 0 Å². The summed E-state index contributed by atoms with van der Waals surface area (Å²) < 4.78 is 0.800. The van der Waals surface area contributed by atoms with Crippen LogP contribution in [0.25, 0.3) is 0 Å². The predicted molar refractivity (Wildman–Crippen MR) is 84.6 cm³/mol. The van der Waals surface area contributed by atoms with Gasteiger partial charge < -0.3 is 10.4 Å². The van der Waals surface area contributed by atoms with Crippen LogP contribution < -0.4 is 5.32 Å². The SMILES string of the molecule is Oc1cccc(Cl)c1CNc1c(Cl)cc(Br)cc1Cl. The third-order valence-electron chi connectivity index (χ3n) is 2.54. The van der Waals surface area contributed by atoms with Crippen LogP contribution in [0.4, 0.5) is 5.69 Å². The number of rotatable bonds is 3. The average molecular weight is 381 g/mol. The molecule has 0 heterocycles. The Kier molecular flexibility index (Phi) is 4.85. The van der Waals surface area contributed by atoms with Gasteiger partial charge in [-0.05, 0) is 24.3 Å². The van der Waals surface area contributed by atoms with Crippen molar-refractivity contribution in [1.29, 1.82) is 0 Å². The van der Waals surface area contributed by atoms with E-state index in [0.29, 0.717) is 32.9 Å². The molecule has 0 spiro atoms. The molecule has 0 radical (unpaired) electrons. The molecule has 0 amide bonds. The Labute approximate surface area is 134 Å². The summed E-state index contributed by atoms with van der Waals surface area (Å²) in [6.07, 6.45) is 0. The summed E-state index contributed by atoms with van der Waals surface area (Å²) in [7, 11) is 0. The van der Waals surface area contributed by atoms with Crippen molar-refractivity contribution >= 4 is 56.4 Å². The second kappa shape index (κ2) is 6.23. The molecule has 2 rings (SSSR count). The van der Waals surface area contributed by atoms with Crippen LogP contribution in [0, 0.1) is 0 Å². The van der Waals surface area contributed by atoms with Gasteiger partial charge in [-0.25, -0.2) is 0 Å². The van der Waals surface area contributed by atoms with Gasteiger partial charge in [0.05, 0.1) is 15.7 Å². The van der Waals surface area contributed by atoms with Crippen molar-refractivity contribution < 1.29 is 5.11 Å². The number of hydrogen-bond donors (Lipinski definition) is 2. The van der Waals surface area contributed by atoms with Crippen LogP contribution in [0.5, 0.6) is 5.75 Å². The van der Waals surface area contributed by atoms with Gasteiger partial charge in [-0.15, -0.1) is 0 Å². The summed E-state index contributed by atoms with van der Waals surface area (Å²) in [5.74, 6) is 0.129. The lowest BCUT2D eigenvalue weighted by Crippen LogP contribution is -2.01. The van der Waals surface area contributed by atoms with Crippen LogP contribution in [-0.4, -0.2) is 5.11 Å². The number of halogens is 4. The molecule has 19 heavy (non-hydrogen) atoms. The number of anilines is 1. The highest BCUT2D eigenvalue weighted by Crippen LogP contribution is 2.35. The lowest BCUT2D eigenvalue weighted by atomic mass is 10.2. The Morgan fingerprint density at radius 3 is 2.26 bits per heavy atom. The maximum Gasteiger partial charge on any atom is 0.122 e. The van der Waals surface area contributed by atoms with E-state index in [1.54, 1.807) is 30.3 Å². The van der Waals surface area contributed by atoms with Gasteiger partial charge in [0.1, 0.15) is 5.75 Å². The molecule has 0 aliphatic rings. The van der Waals surface area contributed by atoms with E-state index < -0.39 is 0 Å². The van der Waals surface area contributed by atoms with Crippen LogP contribution >= 0.6 is 50.7 Å². The molecule has 0 aliphatic carbocycles. The van der Waals surface area contributed by atoms with Crippen LogP contribution in [0.15, 0.2) is 34.8 Å². The van der Waals surface area contributed by atoms with Gasteiger partial charge in [-0.1, -0.05) is 56.8 Å². The first-order chi connectivity index (χ1) is 8.99. The monoisotopic (exact) mass is 379 g/mol. The molecular formula is C13H9BrCl3NO. The number of nitrogens with one attached hydrogen (secondary N) is 1. The minimum atomic E-state index is 0.129. The Morgan fingerprint density at radius 1 is 1.05 bits per heavy atom. The molecule has 0 bridgehead atoms. The third kappa shape index (κ3) is 3.48. The number of phenolic OH excluding ortho intramolecular Hbond substituents is 1. The predicted octanol–water partition coefficient (Wildman–Crippen LogP) is 5.73. The Hall–Kier alpha value is -0.610. The summed E-state index contributed by atoms with van der Waals surface area (Å²) in [6, 6.07) is 8.45. The second-order valence-electron chi connectivity index (χ2n) is 3.84. The van der Waals surface area contributed by atoms with Crippen LogP contribution in [0.1, 0.15) is 5.56 Å². The Balaban J connectivity index is 2.24. The molecule has 2 aromatic carbocycles. The first-order valence-corrected chi connectivity index (χ1v) is 7.26. The van der Waals surface area contributed by atoms with Crippen LogP contribution in [-0.2, 0) is 6.54 Å². The van der Waals surface area contributed by atoms with E-state index in [0.717, 1.165) is 4.47 Å². The van der Waals surface area contributed by atoms with Gasteiger partial charge in [0, 0.05) is 21.6 Å². The van der Waals surface area contributed by atoms with Gasteiger partial charge >= 0.3 is 0 Å². The van der Waals surface area contributed by atoms with E-state index in [2.05, 4.69) is 21.2 Å². The van der Waals surface area contributed by atoms with Crippen molar-refractivity contribution in [3.05, 3.63) is 55.4 Å². The Morgan fingerprint density at radius 2 is 1.68 bits per heavy atom. The van der Waals surface area contributed by atoms with Crippen molar-refractivity contribution in [2.45, 2.75) is 6.54 Å². The first-order valence-electron chi connectivity index (χ1n) is 5.34. The van der Waals surface area contributed by atoms with Gasteiger partial charge in [0.2, 0.25) is 0 Å². The average Bonchev–Trinajstić information content (AvgIpc) is 2.31. The fourth-order valence-corrected chi connectivity index (χ4v) is 3.19. The van der Waals surface area contributed by atoms with Gasteiger partial charge in [-0.3, -0.25) is 0 Å². The molecule has 0 fully saturated rings. The first kappa shape index (κ1) is 14.8. The molecule has 0 atom stereocenters. The molecule has 0 unspecified atom stereocenters. The highest BCUT2D eigenvalue weighted by Gasteiger charge is 2.10. The van der Waals surface area contributed by atoms with E-state index in [-0.39, 0.29) is 5.75 Å². The largest absolute Gasteiger partial charge is 0.508 e. The van der Waals surface area contributed by atoms with E-state index in [4.69, 9.17) is 34.8 Å². The quantitative estimate of drug-likeness (QED) is 0.712. The number of hydrogen-bond acceptors (Lipinski definition) is 2. The topological polar surface area (TPSA) is 32.3 Å². The number of aromatic hydroxyl groups is 1. The fourth-order valence-electron chi connectivity index (χ4n) is 1.61. The fraction of sp³-hybridized carbons (Fsp3) is 0.0769. The maximum absolute atomic E-state index is 9.75. The summed E-state index contributed by atoms with van der Waals surface area (Å²) in [5.41, 5.74) is 1.20. The van der Waals surface area contributed by atoms with Crippen molar-refractivity contribution in [2.24, 2.45) is 0 Å². The van der Waals surface area contributed by atoms with Crippen molar-refractivity contribution in [1.82, 2.24) is 0 Å². The zero-order chi connectivity index (χ0) is 14.0. The van der Waals surface area contributed by atoms with Gasteiger partial charge in [0.15, 0.2) is 0 Å². The summed E-state index contributed by atoms with van der Waals surface area (Å²) >= 11 is 21.6. The standard InChI is InChI=1S/C13H9BrCl3NO/c14-7-4-10(16)13(11(17)5-7)18-6-8-9(15)2-1-3-12(8)19/h1-5,18-19H,6H2. The molecule has 0 saturated heterocycles.